The third-order valence-electron chi connectivity index (χ3n) is 4.59. The van der Waals surface area contributed by atoms with E-state index in [1.54, 1.807) is 7.05 Å². The van der Waals surface area contributed by atoms with Gasteiger partial charge in [0.1, 0.15) is 0 Å². The lowest BCUT2D eigenvalue weighted by molar-refractivity contribution is -0.188. The summed E-state index contributed by atoms with van der Waals surface area (Å²) in [5.74, 6) is -5.30. The molecule has 0 saturated carbocycles. The SMILES string of the molecule is Cc1ccccc1CN(C)C(=O)CN1C[C@@H](C(F)(F)F)[C@H](C(=O)O)C1.Cl. The van der Waals surface area contributed by atoms with Gasteiger partial charge in [0, 0.05) is 26.7 Å². The Labute approximate surface area is 156 Å². The van der Waals surface area contributed by atoms with Crippen LogP contribution in [0.2, 0.25) is 0 Å². The molecule has 1 aromatic rings. The van der Waals surface area contributed by atoms with E-state index in [0.717, 1.165) is 11.1 Å². The molecule has 2 atom stereocenters. The molecule has 1 aliphatic heterocycles. The van der Waals surface area contributed by atoms with E-state index in [4.69, 9.17) is 5.11 Å². The lowest BCUT2D eigenvalue weighted by Crippen LogP contribution is -2.38. The number of carbonyl (C=O) groups excluding carboxylic acids is 1. The van der Waals surface area contributed by atoms with Gasteiger partial charge in [-0.2, -0.15) is 13.2 Å². The Morgan fingerprint density at radius 2 is 1.88 bits per heavy atom. The summed E-state index contributed by atoms with van der Waals surface area (Å²) in [6, 6.07) is 7.54. The van der Waals surface area contributed by atoms with E-state index < -0.39 is 30.5 Å². The lowest BCUT2D eigenvalue weighted by atomic mass is 9.96. The van der Waals surface area contributed by atoms with Gasteiger partial charge in [-0.15, -0.1) is 12.4 Å². The predicted octanol–water partition coefficient (Wildman–Crippen LogP) is 2.57. The van der Waals surface area contributed by atoms with Crippen LogP contribution in [0.25, 0.3) is 0 Å². The molecule has 0 bridgehead atoms. The van der Waals surface area contributed by atoms with Crippen LogP contribution in [0.3, 0.4) is 0 Å². The van der Waals surface area contributed by atoms with Crippen LogP contribution < -0.4 is 0 Å². The number of rotatable bonds is 5. The van der Waals surface area contributed by atoms with Crippen LogP contribution in [-0.4, -0.2) is 59.6 Å². The number of amides is 1. The van der Waals surface area contributed by atoms with Crippen molar-refractivity contribution >= 4 is 24.3 Å². The largest absolute Gasteiger partial charge is 0.481 e. The van der Waals surface area contributed by atoms with Gasteiger partial charge in [-0.1, -0.05) is 24.3 Å². The summed E-state index contributed by atoms with van der Waals surface area (Å²) < 4.78 is 39.0. The zero-order valence-corrected chi connectivity index (χ0v) is 15.3. The summed E-state index contributed by atoms with van der Waals surface area (Å²) in [6.45, 7) is 1.30. The molecule has 0 spiro atoms. The lowest BCUT2D eigenvalue weighted by Gasteiger charge is -2.22. The van der Waals surface area contributed by atoms with Crippen molar-refractivity contribution < 1.29 is 27.9 Å². The van der Waals surface area contributed by atoms with E-state index in [9.17, 15) is 22.8 Å². The first-order valence-electron chi connectivity index (χ1n) is 7.90. The van der Waals surface area contributed by atoms with Crippen molar-refractivity contribution in [1.82, 2.24) is 9.80 Å². The monoisotopic (exact) mass is 394 g/mol. The molecular weight excluding hydrogens is 373 g/mol. The number of carboxylic acids is 1. The molecule has 0 aromatic heterocycles. The average molecular weight is 395 g/mol. The van der Waals surface area contributed by atoms with Crippen LogP contribution >= 0.6 is 12.4 Å². The molecule has 2 rings (SSSR count). The van der Waals surface area contributed by atoms with Gasteiger partial charge in [-0.05, 0) is 18.1 Å². The summed E-state index contributed by atoms with van der Waals surface area (Å²) in [4.78, 5) is 26.1. The third-order valence-corrected chi connectivity index (χ3v) is 4.59. The molecule has 1 fully saturated rings. The number of halogens is 4. The summed E-state index contributed by atoms with van der Waals surface area (Å²) in [5.41, 5.74) is 1.97. The van der Waals surface area contributed by atoms with Gasteiger partial charge in [-0.3, -0.25) is 14.5 Å². The molecule has 1 saturated heterocycles. The second-order valence-corrected chi connectivity index (χ2v) is 6.46. The number of likely N-dealkylation sites (tertiary alicyclic amines) is 1. The highest BCUT2D eigenvalue weighted by Gasteiger charge is 2.52. The fourth-order valence-electron chi connectivity index (χ4n) is 3.04. The van der Waals surface area contributed by atoms with E-state index in [1.807, 2.05) is 31.2 Å². The van der Waals surface area contributed by atoms with Crippen molar-refractivity contribution in [3.05, 3.63) is 35.4 Å². The highest BCUT2D eigenvalue weighted by Crippen LogP contribution is 2.37. The van der Waals surface area contributed by atoms with Gasteiger partial charge in [0.05, 0.1) is 18.4 Å². The number of benzene rings is 1. The molecule has 1 aliphatic rings. The summed E-state index contributed by atoms with van der Waals surface area (Å²) in [6.07, 6.45) is -4.59. The molecule has 1 amide bonds. The molecule has 0 aliphatic carbocycles. The van der Waals surface area contributed by atoms with E-state index in [0.29, 0.717) is 6.54 Å². The first-order valence-corrected chi connectivity index (χ1v) is 7.90. The molecule has 146 valence electrons. The fourth-order valence-corrected chi connectivity index (χ4v) is 3.04. The fraction of sp³-hybridized carbons (Fsp3) is 0.529. The van der Waals surface area contributed by atoms with Crippen molar-refractivity contribution in [3.63, 3.8) is 0 Å². The Hall–Kier alpha value is -1.80. The second-order valence-electron chi connectivity index (χ2n) is 6.46. The van der Waals surface area contributed by atoms with Crippen molar-refractivity contribution in [2.24, 2.45) is 11.8 Å². The molecule has 1 heterocycles. The Kier molecular flexibility index (Phi) is 7.46. The van der Waals surface area contributed by atoms with Gasteiger partial charge in [0.25, 0.3) is 0 Å². The van der Waals surface area contributed by atoms with Crippen molar-refractivity contribution in [1.29, 1.82) is 0 Å². The number of aryl methyl sites for hydroxylation is 1. The highest BCUT2D eigenvalue weighted by atomic mass is 35.5. The molecule has 0 unspecified atom stereocenters. The quantitative estimate of drug-likeness (QED) is 0.833. The maximum absolute atomic E-state index is 13.0. The van der Waals surface area contributed by atoms with Crippen LogP contribution in [0.1, 0.15) is 11.1 Å². The van der Waals surface area contributed by atoms with Gasteiger partial charge in [0.2, 0.25) is 5.91 Å². The first kappa shape index (κ1) is 22.2. The Balaban J connectivity index is 0.00000338. The smallest absolute Gasteiger partial charge is 0.393 e. The Bertz CT molecular complexity index is 654. The molecule has 5 nitrogen and oxygen atoms in total. The van der Waals surface area contributed by atoms with Gasteiger partial charge >= 0.3 is 12.1 Å². The van der Waals surface area contributed by atoms with Crippen molar-refractivity contribution in [2.45, 2.75) is 19.6 Å². The van der Waals surface area contributed by atoms with Crippen LogP contribution in [0.15, 0.2) is 24.3 Å². The number of carbonyl (C=O) groups is 2. The first-order chi connectivity index (χ1) is 11.6. The van der Waals surface area contributed by atoms with E-state index in [1.165, 1.54) is 9.80 Å². The number of carboxylic acid groups (broad SMARTS) is 1. The van der Waals surface area contributed by atoms with Crippen LogP contribution in [0.4, 0.5) is 13.2 Å². The van der Waals surface area contributed by atoms with Crippen molar-refractivity contribution in [3.8, 4) is 0 Å². The molecule has 9 heteroatoms. The van der Waals surface area contributed by atoms with Crippen molar-refractivity contribution in [2.75, 3.05) is 26.7 Å². The number of likely N-dealkylation sites (N-methyl/N-ethyl adjacent to an activating group) is 1. The molecule has 0 radical (unpaired) electrons. The summed E-state index contributed by atoms with van der Waals surface area (Å²) >= 11 is 0. The number of hydrogen-bond acceptors (Lipinski definition) is 3. The molecular formula is C17H22ClF3N2O3. The van der Waals surface area contributed by atoms with E-state index in [2.05, 4.69) is 0 Å². The summed E-state index contributed by atoms with van der Waals surface area (Å²) in [7, 11) is 1.58. The standard InChI is InChI=1S/C17H21F3N2O3.ClH/c1-11-5-3-4-6-12(11)7-21(2)15(23)10-22-8-13(16(24)25)14(9-22)17(18,19)20;/h3-6,13-14H,7-10H2,1-2H3,(H,24,25);1H/t13-,14-;/m1./s1. The number of alkyl halides is 3. The number of nitrogens with zero attached hydrogens (tertiary/aromatic N) is 2. The van der Waals surface area contributed by atoms with Crippen LogP contribution in [-0.2, 0) is 16.1 Å². The number of hydrogen-bond donors (Lipinski definition) is 1. The van der Waals surface area contributed by atoms with Gasteiger partial charge in [-0.25, -0.2) is 0 Å². The molecule has 1 N–H and O–H groups in total. The zero-order chi connectivity index (χ0) is 18.8. The number of aliphatic carboxylic acids is 1. The average Bonchev–Trinajstić information content (AvgIpc) is 2.94. The topological polar surface area (TPSA) is 60.9 Å². The zero-order valence-electron chi connectivity index (χ0n) is 14.5. The maximum atomic E-state index is 13.0. The minimum atomic E-state index is -4.59. The Morgan fingerprint density at radius 3 is 2.38 bits per heavy atom. The Morgan fingerprint density at radius 1 is 1.27 bits per heavy atom. The second kappa shape index (κ2) is 8.73. The van der Waals surface area contributed by atoms with E-state index >= 15 is 0 Å². The third kappa shape index (κ3) is 5.35. The minimum Gasteiger partial charge on any atom is -0.481 e. The normalized spacial score (nSPS) is 20.5. The molecule has 1 aromatic carbocycles. The van der Waals surface area contributed by atoms with Crippen LogP contribution in [0.5, 0.6) is 0 Å². The van der Waals surface area contributed by atoms with E-state index in [-0.39, 0.29) is 31.4 Å². The maximum Gasteiger partial charge on any atom is 0.393 e. The summed E-state index contributed by atoms with van der Waals surface area (Å²) in [5, 5.41) is 9.01. The minimum absolute atomic E-state index is 0. The predicted molar refractivity (Wildman–Crippen MR) is 92.0 cm³/mol. The highest BCUT2D eigenvalue weighted by molar-refractivity contribution is 5.85. The van der Waals surface area contributed by atoms with Gasteiger partial charge < -0.3 is 10.0 Å². The molecule has 26 heavy (non-hydrogen) atoms. The van der Waals surface area contributed by atoms with Gasteiger partial charge in [0.15, 0.2) is 0 Å². The van der Waals surface area contributed by atoms with Crippen LogP contribution in [0, 0.1) is 18.8 Å².